The molecule has 0 fully saturated rings. The fraction of sp³-hybridized carbons (Fsp3) is 0.211. The van der Waals surface area contributed by atoms with Gasteiger partial charge in [-0.3, -0.25) is 10.1 Å². The van der Waals surface area contributed by atoms with Gasteiger partial charge in [-0.05, 0) is 55.8 Å². The van der Waals surface area contributed by atoms with Gasteiger partial charge < -0.3 is 4.74 Å². The molecule has 2 aromatic carbocycles. The first-order chi connectivity index (χ1) is 13.3. The van der Waals surface area contributed by atoms with Gasteiger partial charge in [0.25, 0.3) is 5.91 Å². The van der Waals surface area contributed by atoms with E-state index in [9.17, 15) is 4.79 Å². The summed E-state index contributed by atoms with van der Waals surface area (Å²) in [4.78, 5) is 12.6. The number of ether oxygens (including phenoxy) is 1. The van der Waals surface area contributed by atoms with Gasteiger partial charge in [-0.2, -0.15) is 0 Å². The Morgan fingerprint density at radius 1 is 1.14 bits per heavy atom. The van der Waals surface area contributed by atoms with Crippen molar-refractivity contribution < 1.29 is 9.53 Å². The smallest absolute Gasteiger partial charge is 0.269 e. The highest BCUT2D eigenvalue weighted by Crippen LogP contribution is 2.30. The fourth-order valence-electron chi connectivity index (χ4n) is 2.18. The maximum atomic E-state index is 12.6. The summed E-state index contributed by atoms with van der Waals surface area (Å²) in [6.07, 6.45) is 0. The van der Waals surface area contributed by atoms with Crippen LogP contribution in [0.25, 0.3) is 0 Å². The topological polar surface area (TPSA) is 64.1 Å². The number of nitrogens with zero attached hydrogens (tertiary/aromatic N) is 2. The molecule has 0 radical (unpaired) electrons. The second-order valence-corrected chi connectivity index (χ2v) is 9.38. The van der Waals surface area contributed by atoms with Crippen molar-refractivity contribution in [1.82, 2.24) is 10.2 Å². The lowest BCUT2D eigenvalue weighted by molar-refractivity contribution is -0.128. The molecule has 0 saturated carbocycles. The normalized spacial score (nSPS) is 11.3. The van der Waals surface area contributed by atoms with Crippen LogP contribution in [0, 0.1) is 0 Å². The molecule has 0 unspecified atom stereocenters. The number of carbonyl (C=O) groups is 1. The first-order valence-electron chi connectivity index (χ1n) is 8.28. The zero-order valence-electron chi connectivity index (χ0n) is 15.1. The Hall–Kier alpha value is -1.80. The SMILES string of the molecule is CC(C)(Oc1ccc(Cl)cc1)C(=O)Nc1nnc(SCc2cccc(Cl)c2)s1. The summed E-state index contributed by atoms with van der Waals surface area (Å²) < 4.78 is 6.54. The number of nitrogens with one attached hydrogen (secondary N) is 1. The van der Waals surface area contributed by atoms with Crippen molar-refractivity contribution in [3.63, 3.8) is 0 Å². The van der Waals surface area contributed by atoms with Gasteiger partial charge in [-0.1, -0.05) is 58.4 Å². The number of halogens is 2. The number of carbonyl (C=O) groups excluding carboxylic acids is 1. The van der Waals surface area contributed by atoms with Crippen LogP contribution >= 0.6 is 46.3 Å². The highest BCUT2D eigenvalue weighted by molar-refractivity contribution is 8.00. The predicted molar refractivity (Wildman–Crippen MR) is 116 cm³/mol. The van der Waals surface area contributed by atoms with Crippen LogP contribution in [0.3, 0.4) is 0 Å². The Morgan fingerprint density at radius 3 is 2.61 bits per heavy atom. The summed E-state index contributed by atoms with van der Waals surface area (Å²) in [5, 5.41) is 12.6. The molecular formula is C19H17Cl2N3O2S2. The van der Waals surface area contributed by atoms with Crippen LogP contribution in [0.1, 0.15) is 19.4 Å². The molecule has 0 saturated heterocycles. The fourth-order valence-corrected chi connectivity index (χ4v) is 4.21. The molecule has 0 spiro atoms. The Kier molecular flexibility index (Phi) is 6.82. The number of anilines is 1. The molecule has 28 heavy (non-hydrogen) atoms. The first kappa shape index (κ1) is 20.9. The Labute approximate surface area is 181 Å². The molecule has 146 valence electrons. The van der Waals surface area contributed by atoms with E-state index in [4.69, 9.17) is 27.9 Å². The average Bonchev–Trinajstić information content (AvgIpc) is 3.09. The van der Waals surface area contributed by atoms with Crippen molar-refractivity contribution >= 4 is 57.3 Å². The Morgan fingerprint density at radius 2 is 1.89 bits per heavy atom. The molecule has 3 rings (SSSR count). The van der Waals surface area contributed by atoms with Gasteiger partial charge >= 0.3 is 0 Å². The molecule has 1 heterocycles. The van der Waals surface area contributed by atoms with E-state index >= 15 is 0 Å². The van der Waals surface area contributed by atoms with Gasteiger partial charge in [0.1, 0.15) is 5.75 Å². The van der Waals surface area contributed by atoms with Crippen LogP contribution in [0.5, 0.6) is 5.75 Å². The van der Waals surface area contributed by atoms with Gasteiger partial charge in [0.05, 0.1) is 0 Å². The molecule has 5 nitrogen and oxygen atoms in total. The maximum Gasteiger partial charge on any atom is 0.269 e. The molecule has 9 heteroatoms. The molecule has 0 aliphatic rings. The number of benzene rings is 2. The van der Waals surface area contributed by atoms with Crippen molar-refractivity contribution in [2.24, 2.45) is 0 Å². The van der Waals surface area contributed by atoms with E-state index in [1.54, 1.807) is 38.1 Å². The third kappa shape index (κ3) is 5.85. The lowest BCUT2D eigenvalue weighted by Gasteiger charge is -2.24. The van der Waals surface area contributed by atoms with Crippen LogP contribution in [0.2, 0.25) is 10.0 Å². The minimum Gasteiger partial charge on any atom is -0.478 e. The van der Waals surface area contributed by atoms with Crippen LogP contribution in [-0.2, 0) is 10.5 Å². The molecule has 0 aliphatic carbocycles. The van der Waals surface area contributed by atoms with Crippen molar-refractivity contribution in [2.45, 2.75) is 29.5 Å². The van der Waals surface area contributed by atoms with Crippen molar-refractivity contribution in [1.29, 1.82) is 0 Å². The lowest BCUT2D eigenvalue weighted by Crippen LogP contribution is -2.42. The quantitative estimate of drug-likeness (QED) is 0.354. The molecule has 1 aromatic heterocycles. The lowest BCUT2D eigenvalue weighted by atomic mass is 10.1. The summed E-state index contributed by atoms with van der Waals surface area (Å²) in [7, 11) is 0. The first-order valence-corrected chi connectivity index (χ1v) is 10.8. The third-order valence-corrected chi connectivity index (χ3v) is 6.14. The van der Waals surface area contributed by atoms with E-state index in [0.717, 1.165) is 9.90 Å². The monoisotopic (exact) mass is 453 g/mol. The number of rotatable bonds is 7. The predicted octanol–water partition coefficient (Wildman–Crippen LogP) is 5.93. The molecule has 0 aliphatic heterocycles. The summed E-state index contributed by atoms with van der Waals surface area (Å²) in [6, 6.07) is 14.5. The highest BCUT2D eigenvalue weighted by Gasteiger charge is 2.31. The largest absolute Gasteiger partial charge is 0.478 e. The molecule has 1 amide bonds. The van der Waals surface area contributed by atoms with Crippen LogP contribution in [0.15, 0.2) is 52.9 Å². The van der Waals surface area contributed by atoms with Gasteiger partial charge in [0, 0.05) is 15.8 Å². The van der Waals surface area contributed by atoms with E-state index in [1.165, 1.54) is 23.1 Å². The third-order valence-electron chi connectivity index (χ3n) is 3.61. The van der Waals surface area contributed by atoms with Gasteiger partial charge in [0.15, 0.2) is 9.94 Å². The molecule has 3 aromatic rings. The number of hydrogen-bond acceptors (Lipinski definition) is 6. The Bertz CT molecular complexity index is 962. The van der Waals surface area contributed by atoms with E-state index in [-0.39, 0.29) is 5.91 Å². The summed E-state index contributed by atoms with van der Waals surface area (Å²) in [5.74, 6) is 0.957. The van der Waals surface area contributed by atoms with Crippen molar-refractivity contribution in [3.8, 4) is 5.75 Å². The summed E-state index contributed by atoms with van der Waals surface area (Å²) in [5.41, 5.74) is 0.00363. The van der Waals surface area contributed by atoms with E-state index in [2.05, 4.69) is 15.5 Å². The molecule has 0 bridgehead atoms. The van der Waals surface area contributed by atoms with Crippen molar-refractivity contribution in [3.05, 3.63) is 64.1 Å². The maximum absolute atomic E-state index is 12.6. The van der Waals surface area contributed by atoms with Crippen LogP contribution in [-0.4, -0.2) is 21.7 Å². The van der Waals surface area contributed by atoms with Crippen LogP contribution < -0.4 is 10.1 Å². The molecule has 0 atom stereocenters. The number of aromatic nitrogens is 2. The second kappa shape index (κ2) is 9.13. The van der Waals surface area contributed by atoms with E-state index in [1.807, 2.05) is 24.3 Å². The zero-order chi connectivity index (χ0) is 20.1. The van der Waals surface area contributed by atoms with Gasteiger partial charge in [-0.25, -0.2) is 0 Å². The second-order valence-electron chi connectivity index (χ2n) is 6.31. The highest BCUT2D eigenvalue weighted by atomic mass is 35.5. The minimum atomic E-state index is -1.09. The van der Waals surface area contributed by atoms with Crippen LogP contribution in [0.4, 0.5) is 5.13 Å². The zero-order valence-corrected chi connectivity index (χ0v) is 18.3. The summed E-state index contributed by atoms with van der Waals surface area (Å²) in [6.45, 7) is 3.37. The summed E-state index contributed by atoms with van der Waals surface area (Å²) >= 11 is 14.7. The number of hydrogen-bond donors (Lipinski definition) is 1. The molecular weight excluding hydrogens is 437 g/mol. The number of amides is 1. The van der Waals surface area contributed by atoms with Crippen molar-refractivity contribution in [2.75, 3.05) is 5.32 Å². The van der Waals surface area contributed by atoms with Gasteiger partial charge in [-0.15, -0.1) is 10.2 Å². The molecule has 1 N–H and O–H groups in total. The van der Waals surface area contributed by atoms with E-state index < -0.39 is 5.60 Å². The Balaban J connectivity index is 1.57. The van der Waals surface area contributed by atoms with Gasteiger partial charge in [0.2, 0.25) is 5.13 Å². The standard InChI is InChI=1S/C19H17Cl2N3O2S2/c1-19(2,26-15-8-6-13(20)7-9-15)16(25)22-17-23-24-18(28-17)27-11-12-4-3-5-14(21)10-12/h3-10H,11H2,1-2H3,(H,22,23,25). The minimum absolute atomic E-state index is 0.315. The average molecular weight is 454 g/mol. The number of thioether (sulfide) groups is 1. The van der Waals surface area contributed by atoms with E-state index in [0.29, 0.717) is 26.7 Å².